The number of carbonyl (C=O) groups is 1. The van der Waals surface area contributed by atoms with Crippen molar-refractivity contribution in [1.82, 2.24) is 19.4 Å². The molecule has 114 valence electrons. The molecule has 0 saturated carbocycles. The van der Waals surface area contributed by atoms with Gasteiger partial charge in [-0.1, -0.05) is 6.07 Å². The topological polar surface area (TPSA) is 68.1 Å². The number of aromatic nitrogens is 3. The first-order valence-electron chi connectivity index (χ1n) is 7.28. The van der Waals surface area contributed by atoms with Gasteiger partial charge in [-0.3, -0.25) is 19.1 Å². The summed E-state index contributed by atoms with van der Waals surface area (Å²) in [4.78, 5) is 34.7. The molecule has 0 aliphatic carbocycles. The molecule has 6 heteroatoms. The van der Waals surface area contributed by atoms with Gasteiger partial charge in [-0.2, -0.15) is 0 Å². The zero-order chi connectivity index (χ0) is 15.7. The molecule has 0 atom stereocenters. The summed E-state index contributed by atoms with van der Waals surface area (Å²) < 4.78 is 1.53. The highest BCUT2D eigenvalue weighted by Crippen LogP contribution is 2.19. The standard InChI is InChI=1S/C16H18N4O2/c1-11-18-14-10-20(9-13(14)16(22)19(11)2)15(21)6-5-12-4-3-7-17-8-12/h3-4,7-8H,5-6,9-10H2,1-2H3. The van der Waals surface area contributed by atoms with Gasteiger partial charge in [-0.15, -0.1) is 0 Å². The third-order valence-corrected chi connectivity index (χ3v) is 4.09. The normalized spacial score (nSPS) is 13.3. The van der Waals surface area contributed by atoms with E-state index >= 15 is 0 Å². The number of aryl methyl sites for hydroxylation is 2. The largest absolute Gasteiger partial charge is 0.332 e. The Hall–Kier alpha value is -2.50. The average Bonchev–Trinajstić information content (AvgIpc) is 2.95. The first-order chi connectivity index (χ1) is 10.6. The lowest BCUT2D eigenvalue weighted by Gasteiger charge is -2.14. The number of nitrogens with zero attached hydrogens (tertiary/aromatic N) is 4. The Morgan fingerprint density at radius 3 is 2.91 bits per heavy atom. The number of hydrogen-bond donors (Lipinski definition) is 0. The lowest BCUT2D eigenvalue weighted by Crippen LogP contribution is -2.27. The molecule has 0 aromatic carbocycles. The first-order valence-corrected chi connectivity index (χ1v) is 7.28. The van der Waals surface area contributed by atoms with Crippen LogP contribution in [0, 0.1) is 6.92 Å². The third-order valence-electron chi connectivity index (χ3n) is 4.09. The molecule has 0 saturated heterocycles. The number of rotatable bonds is 3. The summed E-state index contributed by atoms with van der Waals surface area (Å²) in [5, 5.41) is 0. The van der Waals surface area contributed by atoms with Gasteiger partial charge in [0.25, 0.3) is 5.56 Å². The van der Waals surface area contributed by atoms with E-state index in [2.05, 4.69) is 9.97 Å². The van der Waals surface area contributed by atoms with E-state index in [-0.39, 0.29) is 11.5 Å². The minimum atomic E-state index is -0.0509. The second-order valence-corrected chi connectivity index (χ2v) is 5.56. The van der Waals surface area contributed by atoms with Crippen LogP contribution in [0.2, 0.25) is 0 Å². The van der Waals surface area contributed by atoms with Crippen LogP contribution in [0.15, 0.2) is 29.3 Å². The zero-order valence-electron chi connectivity index (χ0n) is 12.7. The summed E-state index contributed by atoms with van der Waals surface area (Å²) >= 11 is 0. The second kappa shape index (κ2) is 5.71. The number of amides is 1. The molecule has 1 aliphatic rings. The zero-order valence-corrected chi connectivity index (χ0v) is 12.7. The highest BCUT2D eigenvalue weighted by Gasteiger charge is 2.27. The maximum atomic E-state index is 12.3. The summed E-state index contributed by atoms with van der Waals surface area (Å²) in [6.45, 7) is 2.59. The quantitative estimate of drug-likeness (QED) is 0.846. The van der Waals surface area contributed by atoms with Crippen LogP contribution in [0.1, 0.15) is 29.1 Å². The van der Waals surface area contributed by atoms with E-state index in [9.17, 15) is 9.59 Å². The smallest absolute Gasteiger partial charge is 0.258 e. The highest BCUT2D eigenvalue weighted by molar-refractivity contribution is 5.77. The van der Waals surface area contributed by atoms with Crippen LogP contribution in [0.25, 0.3) is 0 Å². The fourth-order valence-electron chi connectivity index (χ4n) is 2.66. The molecular weight excluding hydrogens is 280 g/mol. The maximum absolute atomic E-state index is 12.3. The molecule has 3 heterocycles. The van der Waals surface area contributed by atoms with Crippen LogP contribution < -0.4 is 5.56 Å². The van der Waals surface area contributed by atoms with E-state index in [1.54, 1.807) is 31.3 Å². The van der Waals surface area contributed by atoms with Crippen molar-refractivity contribution in [1.29, 1.82) is 0 Å². The van der Waals surface area contributed by atoms with Crippen molar-refractivity contribution >= 4 is 5.91 Å². The highest BCUT2D eigenvalue weighted by atomic mass is 16.2. The second-order valence-electron chi connectivity index (χ2n) is 5.56. The lowest BCUT2D eigenvalue weighted by atomic mass is 10.1. The molecule has 1 aliphatic heterocycles. The number of carbonyl (C=O) groups excluding carboxylic acids is 1. The Morgan fingerprint density at radius 2 is 2.18 bits per heavy atom. The summed E-state index contributed by atoms with van der Waals surface area (Å²) in [5.74, 6) is 0.718. The van der Waals surface area contributed by atoms with Crippen molar-refractivity contribution in [2.75, 3.05) is 0 Å². The van der Waals surface area contributed by atoms with Gasteiger partial charge in [-0.05, 0) is 25.0 Å². The maximum Gasteiger partial charge on any atom is 0.258 e. The molecule has 0 bridgehead atoms. The molecule has 6 nitrogen and oxygen atoms in total. The fourth-order valence-corrected chi connectivity index (χ4v) is 2.66. The molecule has 2 aromatic heterocycles. The Kier molecular flexibility index (Phi) is 3.75. The number of fused-ring (bicyclic) bond motifs is 1. The molecular formula is C16H18N4O2. The van der Waals surface area contributed by atoms with Gasteiger partial charge >= 0.3 is 0 Å². The Morgan fingerprint density at radius 1 is 1.36 bits per heavy atom. The van der Waals surface area contributed by atoms with E-state index in [0.29, 0.717) is 37.3 Å². The van der Waals surface area contributed by atoms with Gasteiger partial charge in [-0.25, -0.2) is 4.98 Å². The van der Waals surface area contributed by atoms with Gasteiger partial charge in [0.05, 0.1) is 24.3 Å². The van der Waals surface area contributed by atoms with E-state index in [1.807, 2.05) is 12.1 Å². The van der Waals surface area contributed by atoms with Crippen molar-refractivity contribution < 1.29 is 4.79 Å². The minimum absolute atomic E-state index is 0.0431. The van der Waals surface area contributed by atoms with E-state index in [1.165, 1.54) is 4.57 Å². The third kappa shape index (κ3) is 2.64. The molecule has 0 spiro atoms. The number of hydrogen-bond acceptors (Lipinski definition) is 4. The molecule has 0 fully saturated rings. The Balaban J connectivity index is 1.69. The van der Waals surface area contributed by atoms with E-state index in [0.717, 1.165) is 11.3 Å². The fraction of sp³-hybridized carbons (Fsp3) is 0.375. The molecule has 0 N–H and O–H groups in total. The van der Waals surface area contributed by atoms with Crippen molar-refractivity contribution in [3.63, 3.8) is 0 Å². The lowest BCUT2D eigenvalue weighted by molar-refractivity contribution is -0.131. The van der Waals surface area contributed by atoms with E-state index in [4.69, 9.17) is 0 Å². The van der Waals surface area contributed by atoms with Crippen LogP contribution in [0.4, 0.5) is 0 Å². The van der Waals surface area contributed by atoms with Gasteiger partial charge in [0.1, 0.15) is 5.82 Å². The molecule has 0 radical (unpaired) electrons. The Labute approximate surface area is 128 Å². The van der Waals surface area contributed by atoms with Gasteiger partial charge in [0, 0.05) is 25.9 Å². The van der Waals surface area contributed by atoms with Crippen LogP contribution in [-0.4, -0.2) is 25.3 Å². The van der Waals surface area contributed by atoms with E-state index < -0.39 is 0 Å². The monoisotopic (exact) mass is 298 g/mol. The summed E-state index contributed by atoms with van der Waals surface area (Å²) in [6.07, 6.45) is 4.56. The van der Waals surface area contributed by atoms with Crippen LogP contribution >= 0.6 is 0 Å². The minimum Gasteiger partial charge on any atom is -0.332 e. The van der Waals surface area contributed by atoms with Crippen LogP contribution in [0.3, 0.4) is 0 Å². The van der Waals surface area contributed by atoms with Gasteiger partial charge < -0.3 is 4.90 Å². The molecule has 3 rings (SSSR count). The van der Waals surface area contributed by atoms with Crippen molar-refractivity contribution in [3.05, 3.63) is 57.5 Å². The van der Waals surface area contributed by atoms with Gasteiger partial charge in [0.15, 0.2) is 0 Å². The summed E-state index contributed by atoms with van der Waals surface area (Å²) in [7, 11) is 1.71. The van der Waals surface area contributed by atoms with Crippen LogP contribution in [0.5, 0.6) is 0 Å². The van der Waals surface area contributed by atoms with Crippen molar-refractivity contribution in [2.45, 2.75) is 32.9 Å². The SMILES string of the molecule is Cc1nc2c(c(=O)n1C)CN(C(=O)CCc1cccnc1)C2. The van der Waals surface area contributed by atoms with Crippen molar-refractivity contribution in [3.8, 4) is 0 Å². The molecule has 22 heavy (non-hydrogen) atoms. The average molecular weight is 298 g/mol. The molecule has 0 unspecified atom stereocenters. The first kappa shape index (κ1) is 14.4. The van der Waals surface area contributed by atoms with Crippen molar-refractivity contribution in [2.24, 2.45) is 7.05 Å². The predicted molar refractivity (Wildman–Crippen MR) is 81.0 cm³/mol. The van der Waals surface area contributed by atoms with Gasteiger partial charge in [0.2, 0.25) is 5.91 Å². The van der Waals surface area contributed by atoms with Crippen LogP contribution in [-0.2, 0) is 31.4 Å². The summed E-state index contributed by atoms with van der Waals surface area (Å²) in [5.41, 5.74) is 2.36. The number of pyridine rings is 1. The summed E-state index contributed by atoms with van der Waals surface area (Å²) in [6, 6.07) is 3.82. The molecule has 1 amide bonds. The predicted octanol–water partition coefficient (Wildman–Crippen LogP) is 0.959. The molecule has 2 aromatic rings. The Bertz CT molecular complexity index is 768.